The lowest BCUT2D eigenvalue weighted by molar-refractivity contribution is -0.163. The Morgan fingerprint density at radius 3 is 2.23 bits per heavy atom. The SMILES string of the molecule is CC(OC(=O)COc1cc(Cl)ccc1Oc1ccc(Cl)cc1Cl)C(=O)O. The van der Waals surface area contributed by atoms with Gasteiger partial charge in [0.1, 0.15) is 5.75 Å². The van der Waals surface area contributed by atoms with Crippen molar-refractivity contribution < 1.29 is 28.9 Å². The molecule has 9 heteroatoms. The molecule has 0 spiro atoms. The predicted molar refractivity (Wildman–Crippen MR) is 96.7 cm³/mol. The van der Waals surface area contributed by atoms with Gasteiger partial charge in [0.2, 0.25) is 0 Å². The summed E-state index contributed by atoms with van der Waals surface area (Å²) in [6, 6.07) is 9.23. The first kappa shape index (κ1) is 20.2. The highest BCUT2D eigenvalue weighted by Crippen LogP contribution is 2.37. The van der Waals surface area contributed by atoms with Crippen LogP contribution in [-0.2, 0) is 14.3 Å². The van der Waals surface area contributed by atoms with Crippen molar-refractivity contribution in [1.29, 1.82) is 0 Å². The van der Waals surface area contributed by atoms with E-state index in [0.717, 1.165) is 0 Å². The Kier molecular flexibility index (Phi) is 6.97. The van der Waals surface area contributed by atoms with E-state index in [1.807, 2.05) is 0 Å². The van der Waals surface area contributed by atoms with Crippen LogP contribution in [0.2, 0.25) is 15.1 Å². The molecular weight excluding hydrogens is 407 g/mol. The zero-order chi connectivity index (χ0) is 19.3. The second-order valence-corrected chi connectivity index (χ2v) is 6.31. The minimum absolute atomic E-state index is 0.156. The summed E-state index contributed by atoms with van der Waals surface area (Å²) in [6.45, 7) is 0.708. The third kappa shape index (κ3) is 5.69. The van der Waals surface area contributed by atoms with Gasteiger partial charge in [0, 0.05) is 16.1 Å². The molecule has 0 saturated carbocycles. The third-order valence-electron chi connectivity index (χ3n) is 3.02. The fourth-order valence-electron chi connectivity index (χ4n) is 1.77. The van der Waals surface area contributed by atoms with Gasteiger partial charge in [-0.3, -0.25) is 0 Å². The summed E-state index contributed by atoms with van der Waals surface area (Å²) in [5.74, 6) is -1.38. The molecular formula is C17H13Cl3O6. The van der Waals surface area contributed by atoms with Crippen molar-refractivity contribution in [3.05, 3.63) is 51.5 Å². The van der Waals surface area contributed by atoms with Crippen LogP contribution in [0, 0.1) is 0 Å². The monoisotopic (exact) mass is 418 g/mol. The van der Waals surface area contributed by atoms with Crippen LogP contribution >= 0.6 is 34.8 Å². The fraction of sp³-hybridized carbons (Fsp3) is 0.176. The molecule has 2 aromatic carbocycles. The molecule has 26 heavy (non-hydrogen) atoms. The van der Waals surface area contributed by atoms with Gasteiger partial charge in [-0.1, -0.05) is 34.8 Å². The Balaban J connectivity index is 2.12. The number of ether oxygens (including phenoxy) is 3. The Bertz CT molecular complexity index is 824. The maximum Gasteiger partial charge on any atom is 0.345 e. The first-order valence-corrected chi connectivity index (χ1v) is 8.37. The summed E-state index contributed by atoms with van der Waals surface area (Å²) < 4.78 is 15.7. The second kappa shape index (κ2) is 8.98. The van der Waals surface area contributed by atoms with E-state index in [1.54, 1.807) is 18.2 Å². The maximum absolute atomic E-state index is 11.7. The molecule has 0 bridgehead atoms. The number of halogens is 3. The Morgan fingerprint density at radius 2 is 1.62 bits per heavy atom. The maximum atomic E-state index is 11.7. The van der Waals surface area contributed by atoms with Crippen molar-refractivity contribution in [1.82, 2.24) is 0 Å². The van der Waals surface area contributed by atoms with E-state index in [-0.39, 0.29) is 16.5 Å². The van der Waals surface area contributed by atoms with Gasteiger partial charge in [-0.15, -0.1) is 0 Å². The molecule has 1 N–H and O–H groups in total. The van der Waals surface area contributed by atoms with E-state index in [1.165, 1.54) is 25.1 Å². The molecule has 0 heterocycles. The molecule has 0 aliphatic rings. The average Bonchev–Trinajstić information content (AvgIpc) is 2.57. The van der Waals surface area contributed by atoms with E-state index >= 15 is 0 Å². The molecule has 138 valence electrons. The number of esters is 1. The number of hydrogen-bond donors (Lipinski definition) is 1. The molecule has 1 atom stereocenters. The summed E-state index contributed by atoms with van der Waals surface area (Å²) >= 11 is 17.9. The van der Waals surface area contributed by atoms with Gasteiger partial charge in [-0.25, -0.2) is 9.59 Å². The predicted octanol–water partition coefficient (Wildman–Crippen LogP) is 4.83. The Hall–Kier alpha value is -2.15. The molecule has 0 saturated heterocycles. The molecule has 0 radical (unpaired) electrons. The Labute approximate surface area is 164 Å². The van der Waals surface area contributed by atoms with Gasteiger partial charge in [0.05, 0.1) is 5.02 Å². The van der Waals surface area contributed by atoms with Crippen LogP contribution in [0.15, 0.2) is 36.4 Å². The van der Waals surface area contributed by atoms with Crippen molar-refractivity contribution in [2.45, 2.75) is 13.0 Å². The largest absolute Gasteiger partial charge is 0.479 e. The van der Waals surface area contributed by atoms with Gasteiger partial charge in [-0.2, -0.15) is 0 Å². The lowest BCUT2D eigenvalue weighted by Gasteiger charge is -2.14. The summed E-state index contributed by atoms with van der Waals surface area (Å²) in [4.78, 5) is 22.3. The lowest BCUT2D eigenvalue weighted by atomic mass is 10.3. The van der Waals surface area contributed by atoms with Gasteiger partial charge in [0.25, 0.3) is 0 Å². The quantitative estimate of drug-likeness (QED) is 0.647. The molecule has 1 unspecified atom stereocenters. The van der Waals surface area contributed by atoms with Crippen LogP contribution in [-0.4, -0.2) is 29.8 Å². The highest BCUT2D eigenvalue weighted by molar-refractivity contribution is 6.35. The molecule has 6 nitrogen and oxygen atoms in total. The van der Waals surface area contributed by atoms with Crippen LogP contribution in [0.25, 0.3) is 0 Å². The highest BCUT2D eigenvalue weighted by atomic mass is 35.5. The van der Waals surface area contributed by atoms with E-state index in [9.17, 15) is 9.59 Å². The van der Waals surface area contributed by atoms with Crippen LogP contribution in [0.5, 0.6) is 17.2 Å². The zero-order valence-corrected chi connectivity index (χ0v) is 15.6. The highest BCUT2D eigenvalue weighted by Gasteiger charge is 2.18. The molecule has 2 rings (SSSR count). The molecule has 0 aliphatic carbocycles. The summed E-state index contributed by atoms with van der Waals surface area (Å²) in [6.07, 6.45) is -1.28. The number of carbonyl (C=O) groups is 2. The number of benzene rings is 2. The van der Waals surface area contributed by atoms with Crippen molar-refractivity contribution in [3.8, 4) is 17.2 Å². The average molecular weight is 420 g/mol. The van der Waals surface area contributed by atoms with Crippen LogP contribution in [0.4, 0.5) is 0 Å². The van der Waals surface area contributed by atoms with Crippen LogP contribution in [0.3, 0.4) is 0 Å². The van der Waals surface area contributed by atoms with Crippen molar-refractivity contribution in [3.63, 3.8) is 0 Å². The number of carboxylic acids is 1. The third-order valence-corrected chi connectivity index (χ3v) is 3.79. The number of carbonyl (C=O) groups excluding carboxylic acids is 1. The summed E-state index contributed by atoms with van der Waals surface area (Å²) in [5, 5.41) is 9.81. The molecule has 0 fully saturated rings. The first-order valence-electron chi connectivity index (χ1n) is 7.24. The number of aliphatic carboxylic acids is 1. The first-order chi connectivity index (χ1) is 12.3. The van der Waals surface area contributed by atoms with Gasteiger partial charge < -0.3 is 19.3 Å². The summed E-state index contributed by atoms with van der Waals surface area (Å²) in [7, 11) is 0. The lowest BCUT2D eigenvalue weighted by Crippen LogP contribution is -2.26. The smallest absolute Gasteiger partial charge is 0.345 e. The van der Waals surface area contributed by atoms with Crippen molar-refractivity contribution in [2.24, 2.45) is 0 Å². The minimum Gasteiger partial charge on any atom is -0.479 e. The summed E-state index contributed by atoms with van der Waals surface area (Å²) in [5.41, 5.74) is 0. The van der Waals surface area contributed by atoms with E-state index in [4.69, 9.17) is 49.4 Å². The topological polar surface area (TPSA) is 82.1 Å². The van der Waals surface area contributed by atoms with Crippen LogP contribution in [0.1, 0.15) is 6.92 Å². The fourth-order valence-corrected chi connectivity index (χ4v) is 2.38. The van der Waals surface area contributed by atoms with Crippen LogP contribution < -0.4 is 9.47 Å². The molecule has 0 amide bonds. The van der Waals surface area contributed by atoms with Gasteiger partial charge >= 0.3 is 11.9 Å². The molecule has 0 aliphatic heterocycles. The number of hydrogen-bond acceptors (Lipinski definition) is 5. The normalized spacial score (nSPS) is 11.5. The zero-order valence-electron chi connectivity index (χ0n) is 13.4. The Morgan fingerprint density at radius 1 is 1.00 bits per heavy atom. The molecule has 0 aromatic heterocycles. The number of carboxylic acid groups (broad SMARTS) is 1. The van der Waals surface area contributed by atoms with Gasteiger partial charge in [-0.05, 0) is 37.3 Å². The van der Waals surface area contributed by atoms with E-state index in [2.05, 4.69) is 4.74 Å². The van der Waals surface area contributed by atoms with Crippen molar-refractivity contribution in [2.75, 3.05) is 6.61 Å². The standard InChI is InChI=1S/C17H13Cl3O6/c1-9(17(22)23)25-16(21)8-24-15-7-11(19)3-5-14(15)26-13-4-2-10(18)6-12(13)20/h2-7,9H,8H2,1H3,(H,22,23). The van der Waals surface area contributed by atoms with Gasteiger partial charge in [0.15, 0.2) is 24.2 Å². The van der Waals surface area contributed by atoms with E-state index < -0.39 is 24.6 Å². The minimum atomic E-state index is -1.28. The molecule has 2 aromatic rings. The number of rotatable bonds is 7. The second-order valence-electron chi connectivity index (χ2n) is 5.03. The van der Waals surface area contributed by atoms with E-state index in [0.29, 0.717) is 15.8 Å². The van der Waals surface area contributed by atoms with Crippen molar-refractivity contribution >= 4 is 46.7 Å².